The number of carbonyl (C=O) groups excluding carboxylic acids is 2. The summed E-state index contributed by atoms with van der Waals surface area (Å²) >= 11 is 1.69. The number of thiophene rings is 1. The van der Waals surface area contributed by atoms with Gasteiger partial charge in [-0.1, -0.05) is 24.3 Å². The maximum absolute atomic E-state index is 13.3. The van der Waals surface area contributed by atoms with E-state index < -0.39 is 36.2 Å². The van der Waals surface area contributed by atoms with E-state index in [-0.39, 0.29) is 42.4 Å². The molecule has 15 nitrogen and oxygen atoms in total. The van der Waals surface area contributed by atoms with Crippen molar-refractivity contribution in [3.8, 4) is 16.2 Å². The molecule has 0 bridgehead atoms. The first kappa shape index (κ1) is 38.6. The van der Waals surface area contributed by atoms with Gasteiger partial charge in [-0.2, -0.15) is 4.98 Å². The molecule has 4 heterocycles. The smallest absolute Gasteiger partial charge is 0.351 e. The Kier molecular flexibility index (Phi) is 11.9. The quantitative estimate of drug-likeness (QED) is 0.0728. The molecule has 55 heavy (non-hydrogen) atoms. The molecule has 7 rings (SSSR count). The molecule has 1 aliphatic carbocycles. The van der Waals surface area contributed by atoms with Crippen LogP contribution in [-0.2, 0) is 20.8 Å². The normalized spacial score (nSPS) is 24.2. The van der Waals surface area contributed by atoms with E-state index in [1.807, 2.05) is 44.2 Å². The first-order chi connectivity index (χ1) is 26.6. The number of aliphatic hydroxyl groups excluding tert-OH is 2. The monoisotopic (exact) mass is 774 g/mol. The number of nitrogens with one attached hydrogen (secondary N) is 4. The summed E-state index contributed by atoms with van der Waals surface area (Å²) in [6.07, 6.45) is -1.68. The average molecular weight is 775 g/mol. The first-order valence-corrected chi connectivity index (χ1v) is 19.3. The molecule has 292 valence electrons. The molecule has 0 radical (unpaired) electrons. The number of anilines is 1. The minimum Gasteiger partial charge on any atom is -0.488 e. The fraction of sp³-hybridized carbons (Fsp3) is 0.436. The van der Waals surface area contributed by atoms with Gasteiger partial charge in [-0.15, -0.1) is 11.3 Å². The molecule has 1 saturated carbocycles. The van der Waals surface area contributed by atoms with Gasteiger partial charge < -0.3 is 40.4 Å². The molecule has 3 fully saturated rings. The molecule has 2 saturated heterocycles. The number of hydrogen-bond acceptors (Lipinski definition) is 14. The van der Waals surface area contributed by atoms with Gasteiger partial charge in [0.1, 0.15) is 36.8 Å². The molecule has 7 atom stereocenters. The molecule has 1 amide bonds. The lowest BCUT2D eigenvalue weighted by Gasteiger charge is -2.28. The molecular weight excluding hydrogens is 729 g/mol. The van der Waals surface area contributed by atoms with Crippen molar-refractivity contribution in [1.82, 2.24) is 25.5 Å². The Morgan fingerprint density at radius 2 is 1.93 bits per heavy atom. The molecule has 2 aromatic heterocycles. The van der Waals surface area contributed by atoms with E-state index in [2.05, 4.69) is 45.2 Å². The molecule has 3 aliphatic rings. The number of ether oxygens (including phenoxy) is 3. The lowest BCUT2D eigenvalue weighted by molar-refractivity contribution is -0.154. The number of aliphatic hydroxyl groups is 2. The van der Waals surface area contributed by atoms with E-state index in [9.17, 15) is 24.6 Å². The van der Waals surface area contributed by atoms with Gasteiger partial charge in [0.15, 0.2) is 12.0 Å². The second kappa shape index (κ2) is 17.0. The maximum atomic E-state index is 13.3. The number of nitrogens with zero attached hydrogens (tertiary/aromatic N) is 2. The predicted octanol–water partition coefficient (Wildman–Crippen LogP) is 3.04. The second-order valence-electron chi connectivity index (χ2n) is 14.3. The van der Waals surface area contributed by atoms with Crippen molar-refractivity contribution in [2.24, 2.45) is 5.92 Å². The summed E-state index contributed by atoms with van der Waals surface area (Å²) in [4.78, 5) is 44.4. The van der Waals surface area contributed by atoms with Crippen molar-refractivity contribution in [3.05, 3.63) is 98.9 Å². The van der Waals surface area contributed by atoms with Crippen LogP contribution in [-0.4, -0.2) is 87.0 Å². The van der Waals surface area contributed by atoms with Crippen LogP contribution in [0.5, 0.6) is 5.75 Å². The van der Waals surface area contributed by atoms with Crippen LogP contribution in [0.2, 0.25) is 0 Å². The number of rotatable bonds is 14. The Morgan fingerprint density at radius 3 is 2.69 bits per heavy atom. The summed E-state index contributed by atoms with van der Waals surface area (Å²) in [5, 5.41) is 39.9. The van der Waals surface area contributed by atoms with E-state index in [1.165, 1.54) is 12.3 Å². The van der Waals surface area contributed by atoms with E-state index >= 15 is 0 Å². The van der Waals surface area contributed by atoms with Gasteiger partial charge >= 0.3 is 11.7 Å². The van der Waals surface area contributed by atoms with Gasteiger partial charge in [-0.25, -0.2) is 4.79 Å². The molecule has 16 heteroatoms. The molecule has 2 aliphatic heterocycles. The van der Waals surface area contributed by atoms with Crippen LogP contribution in [0, 0.1) is 12.8 Å². The number of benzene rings is 2. The van der Waals surface area contributed by atoms with Crippen LogP contribution in [0.25, 0.3) is 10.4 Å². The minimum atomic E-state index is -1.46. The highest BCUT2D eigenvalue weighted by molar-refractivity contribution is 7.15. The van der Waals surface area contributed by atoms with Gasteiger partial charge in [0, 0.05) is 47.2 Å². The Hall–Kier alpha value is -4.68. The maximum Gasteiger partial charge on any atom is 0.351 e. The van der Waals surface area contributed by atoms with Crippen LogP contribution < -0.4 is 31.9 Å². The summed E-state index contributed by atoms with van der Waals surface area (Å²) in [5.74, 6) is -0.259. The number of aromatic nitrogens is 2. The Bertz CT molecular complexity index is 2050. The summed E-state index contributed by atoms with van der Waals surface area (Å²) < 4.78 is 18.1. The summed E-state index contributed by atoms with van der Waals surface area (Å²) in [6, 6.07) is 19.2. The fourth-order valence-corrected chi connectivity index (χ4v) is 8.03. The van der Waals surface area contributed by atoms with Crippen LogP contribution in [0.4, 0.5) is 5.82 Å². The molecule has 0 spiro atoms. The van der Waals surface area contributed by atoms with Crippen LogP contribution in [0.1, 0.15) is 64.8 Å². The van der Waals surface area contributed by atoms with E-state index in [4.69, 9.17) is 19.4 Å². The molecule has 4 aromatic rings. The standard InChI is InChI=1S/C39H46N6O9S/c1-21-6-9-27(53-28-17-40-18-28)16-30(21)36(48)42-22(2)23-4-3-5-24(14-23)32-11-10-29(55-32)19-41-26-8-7-25(15-26)38(49)52-20-31-34(46)35(47)37(54-31)45-13-12-33(44-51)43-39(45)50/h3-6,9-14,16,22,25-26,28,31,34-35,37,40-41,46-47,51H,7-8,15,17-20H2,1-2H3,(H,42,48)(H,43,44,50)/t22-,25-,26+,31-,34-,35-,37-/m1/s1. The van der Waals surface area contributed by atoms with Gasteiger partial charge in [0.25, 0.3) is 5.91 Å². The van der Waals surface area contributed by atoms with Crippen molar-refractivity contribution in [2.45, 2.75) is 82.4 Å². The Labute approximate surface area is 321 Å². The highest BCUT2D eigenvalue weighted by atomic mass is 32.1. The third-order valence-corrected chi connectivity index (χ3v) is 11.6. The molecule has 2 aromatic carbocycles. The fourth-order valence-electron chi connectivity index (χ4n) is 7.08. The zero-order valence-electron chi connectivity index (χ0n) is 30.5. The highest BCUT2D eigenvalue weighted by Crippen LogP contribution is 2.33. The van der Waals surface area contributed by atoms with Gasteiger partial charge in [-0.05, 0) is 86.2 Å². The lowest BCUT2D eigenvalue weighted by Crippen LogP contribution is -2.50. The summed E-state index contributed by atoms with van der Waals surface area (Å²) in [7, 11) is 0. The van der Waals surface area contributed by atoms with E-state index in [0.29, 0.717) is 30.7 Å². The minimum absolute atomic E-state index is 0.0817. The summed E-state index contributed by atoms with van der Waals surface area (Å²) in [6.45, 7) is 5.88. The average Bonchev–Trinajstić information content (AvgIpc) is 3.92. The molecule has 7 N–H and O–H groups in total. The van der Waals surface area contributed by atoms with Crippen LogP contribution in [0.3, 0.4) is 0 Å². The largest absolute Gasteiger partial charge is 0.488 e. The van der Waals surface area contributed by atoms with Crippen molar-refractivity contribution >= 4 is 29.0 Å². The molecule has 0 unspecified atom stereocenters. The van der Waals surface area contributed by atoms with E-state index in [1.54, 1.807) is 16.8 Å². The number of carbonyl (C=O) groups is 2. The number of aryl methyl sites for hydroxylation is 1. The second-order valence-corrected chi connectivity index (χ2v) is 15.5. The third-order valence-electron chi connectivity index (χ3n) is 10.5. The zero-order chi connectivity index (χ0) is 38.6. The summed E-state index contributed by atoms with van der Waals surface area (Å²) in [5.41, 5.74) is 4.51. The lowest BCUT2D eigenvalue weighted by atomic mass is 10.0. The van der Waals surface area contributed by atoms with Crippen LogP contribution in [0.15, 0.2) is 71.7 Å². The predicted molar refractivity (Wildman–Crippen MR) is 203 cm³/mol. The Balaban J connectivity index is 0.871. The number of esters is 1. The van der Waals surface area contributed by atoms with Crippen molar-refractivity contribution in [3.63, 3.8) is 0 Å². The van der Waals surface area contributed by atoms with Crippen LogP contribution >= 0.6 is 11.3 Å². The third kappa shape index (κ3) is 8.91. The first-order valence-electron chi connectivity index (χ1n) is 18.4. The molecular formula is C39H46N6O9S. The number of amides is 1. The van der Waals surface area contributed by atoms with Crippen molar-refractivity contribution in [2.75, 3.05) is 25.2 Å². The zero-order valence-corrected chi connectivity index (χ0v) is 31.3. The van der Waals surface area contributed by atoms with Crippen molar-refractivity contribution < 1.29 is 39.2 Å². The van der Waals surface area contributed by atoms with Gasteiger partial charge in [-0.3, -0.25) is 24.8 Å². The van der Waals surface area contributed by atoms with Crippen molar-refractivity contribution in [1.29, 1.82) is 0 Å². The van der Waals surface area contributed by atoms with E-state index in [0.717, 1.165) is 50.5 Å². The van der Waals surface area contributed by atoms with Gasteiger partial charge in [0.05, 0.1) is 12.0 Å². The number of hydrogen-bond donors (Lipinski definition) is 7. The highest BCUT2D eigenvalue weighted by Gasteiger charge is 2.45. The SMILES string of the molecule is Cc1ccc(OC2CNC2)cc1C(=O)N[C@H](C)c1cccc(-c2ccc(CN[C@H]3CC[C@@H](C(=O)OC[C@H]4O[C@@H](n5ccc(NO)nc5=O)[C@H](O)[C@@H]4O)C3)s2)c1. The Morgan fingerprint density at radius 1 is 1.09 bits per heavy atom. The van der Waals surface area contributed by atoms with Gasteiger partial charge in [0.2, 0.25) is 0 Å². The topological polar surface area (TPSA) is 206 Å².